The van der Waals surface area contributed by atoms with Crippen molar-refractivity contribution >= 4 is 69.3 Å². The largest absolute Gasteiger partial charge is 0.497 e. The minimum Gasteiger partial charge on any atom is -0.497 e. The lowest BCUT2D eigenvalue weighted by molar-refractivity contribution is -0.116. The third-order valence-corrected chi connectivity index (χ3v) is 9.40. The number of aromatic nitrogens is 1. The minimum absolute atomic E-state index is 0.0466. The molecule has 3 amide bonds. The maximum absolute atomic E-state index is 14.7. The molecule has 0 saturated carbocycles. The monoisotopic (exact) mass is 700 g/mol. The molecule has 12 heteroatoms. The van der Waals surface area contributed by atoms with E-state index in [1.165, 1.54) is 47.4 Å². The van der Waals surface area contributed by atoms with Gasteiger partial charge in [0.15, 0.2) is 5.13 Å². The minimum atomic E-state index is -0.693. The zero-order chi connectivity index (χ0) is 34.0. The predicted molar refractivity (Wildman–Crippen MR) is 191 cm³/mol. The van der Waals surface area contributed by atoms with E-state index in [4.69, 9.17) is 16.3 Å². The Bertz CT molecular complexity index is 1950. The Labute approximate surface area is 290 Å². The Morgan fingerprint density at radius 1 is 0.979 bits per heavy atom. The number of nitrogens with zero attached hydrogens (tertiary/aromatic N) is 1. The molecular weight excluding hydrogens is 671 g/mol. The van der Waals surface area contributed by atoms with Gasteiger partial charge in [0.25, 0.3) is 11.8 Å². The Hall–Kier alpha value is -4.97. The van der Waals surface area contributed by atoms with Crippen LogP contribution in [0.25, 0.3) is 17.3 Å². The van der Waals surface area contributed by atoms with Gasteiger partial charge in [-0.05, 0) is 67.1 Å². The van der Waals surface area contributed by atoms with E-state index in [2.05, 4.69) is 20.9 Å². The first kappa shape index (κ1) is 34.4. The number of rotatable bonds is 12. The average molecular weight is 701 g/mol. The fourth-order valence-electron chi connectivity index (χ4n) is 4.50. The van der Waals surface area contributed by atoms with Crippen molar-refractivity contribution in [2.75, 3.05) is 17.7 Å². The van der Waals surface area contributed by atoms with Crippen LogP contribution >= 0.6 is 34.7 Å². The van der Waals surface area contributed by atoms with Crippen LogP contribution < -0.4 is 20.7 Å². The van der Waals surface area contributed by atoms with Crippen LogP contribution in [-0.2, 0) is 9.59 Å². The second-order valence-electron chi connectivity index (χ2n) is 10.3. The van der Waals surface area contributed by atoms with Crippen LogP contribution in [0, 0.1) is 5.82 Å². The molecule has 8 nitrogen and oxygen atoms in total. The van der Waals surface area contributed by atoms with E-state index in [1.54, 1.807) is 55.6 Å². The lowest BCUT2D eigenvalue weighted by Crippen LogP contribution is -2.30. The SMILES string of the molecule is CCC(Sc1cccc(NC(=O)/C(=C\c2c(F)cccc2Cl)NC(=O)c2ccccc2)c1)C(=O)Nc1nc(-c2cccc(OC)c2)cs1. The molecule has 0 aliphatic carbocycles. The number of hydrogen-bond acceptors (Lipinski definition) is 7. The van der Waals surface area contributed by atoms with Crippen molar-refractivity contribution in [2.45, 2.75) is 23.5 Å². The van der Waals surface area contributed by atoms with Crippen molar-refractivity contribution in [3.8, 4) is 17.0 Å². The van der Waals surface area contributed by atoms with E-state index in [0.717, 1.165) is 16.2 Å². The van der Waals surface area contributed by atoms with Gasteiger partial charge in [-0.25, -0.2) is 9.37 Å². The summed E-state index contributed by atoms with van der Waals surface area (Å²) in [4.78, 5) is 45.0. The van der Waals surface area contributed by atoms with Gasteiger partial charge in [-0.1, -0.05) is 61.0 Å². The number of thiazole rings is 1. The third kappa shape index (κ3) is 8.88. The summed E-state index contributed by atoms with van der Waals surface area (Å²) in [7, 11) is 1.60. The highest BCUT2D eigenvalue weighted by atomic mass is 35.5. The standard InChI is InChI=1S/C36H30ClFN4O4S2/c1-3-32(35(45)42-36-41-31(21-47-36)23-12-7-14-25(18-23)46-2)48-26-15-8-13-24(19-26)39-34(44)30(20-27-28(37)16-9-17-29(27)38)40-33(43)22-10-5-4-6-11-22/h4-21,32H,3H2,1-2H3,(H,39,44)(H,40,43)(H,41,42,45)/b30-20+. The van der Waals surface area contributed by atoms with E-state index >= 15 is 0 Å². The molecule has 1 aromatic heterocycles. The third-order valence-electron chi connectivity index (χ3n) is 6.95. The van der Waals surface area contributed by atoms with Crippen LogP contribution in [0.15, 0.2) is 113 Å². The molecule has 1 heterocycles. The van der Waals surface area contributed by atoms with Crippen LogP contribution in [0.5, 0.6) is 5.75 Å². The summed E-state index contributed by atoms with van der Waals surface area (Å²) in [5.74, 6) is -1.40. The highest BCUT2D eigenvalue weighted by Crippen LogP contribution is 2.31. The molecule has 0 fully saturated rings. The van der Waals surface area contributed by atoms with E-state index in [1.807, 2.05) is 42.6 Å². The summed E-state index contributed by atoms with van der Waals surface area (Å²) in [6.45, 7) is 1.91. The van der Waals surface area contributed by atoms with E-state index in [0.29, 0.717) is 28.6 Å². The fraction of sp³-hybridized carbons (Fsp3) is 0.111. The highest BCUT2D eigenvalue weighted by molar-refractivity contribution is 8.00. The number of methoxy groups -OCH3 is 1. The number of carbonyl (C=O) groups is 3. The first-order valence-electron chi connectivity index (χ1n) is 14.7. The summed E-state index contributed by atoms with van der Waals surface area (Å²) in [6, 6.07) is 27.0. The molecule has 3 N–H and O–H groups in total. The first-order valence-corrected chi connectivity index (χ1v) is 16.9. The van der Waals surface area contributed by atoms with Gasteiger partial charge in [0.1, 0.15) is 17.3 Å². The zero-order valence-corrected chi connectivity index (χ0v) is 28.2. The van der Waals surface area contributed by atoms with Gasteiger partial charge < -0.3 is 20.7 Å². The molecular formula is C36H30ClFN4O4S2. The number of carbonyl (C=O) groups excluding carboxylic acids is 3. The highest BCUT2D eigenvalue weighted by Gasteiger charge is 2.21. The smallest absolute Gasteiger partial charge is 0.272 e. The Morgan fingerprint density at radius 2 is 1.75 bits per heavy atom. The van der Waals surface area contributed by atoms with Crippen LogP contribution in [0.1, 0.15) is 29.3 Å². The maximum atomic E-state index is 14.7. The molecule has 0 aliphatic rings. The average Bonchev–Trinajstić information content (AvgIpc) is 3.57. The van der Waals surface area contributed by atoms with Gasteiger partial charge in [-0.3, -0.25) is 14.4 Å². The van der Waals surface area contributed by atoms with Gasteiger partial charge in [-0.2, -0.15) is 0 Å². The Balaban J connectivity index is 1.29. The van der Waals surface area contributed by atoms with E-state index in [-0.39, 0.29) is 22.2 Å². The summed E-state index contributed by atoms with van der Waals surface area (Å²) in [5.41, 5.74) is 2.06. The van der Waals surface area contributed by atoms with Crippen LogP contribution in [0.3, 0.4) is 0 Å². The normalized spacial score (nSPS) is 11.8. The number of thioether (sulfide) groups is 1. The number of benzene rings is 4. The molecule has 1 atom stereocenters. The molecule has 48 heavy (non-hydrogen) atoms. The first-order chi connectivity index (χ1) is 23.2. The fourth-order valence-corrected chi connectivity index (χ4v) is 6.45. The van der Waals surface area contributed by atoms with Gasteiger partial charge in [-0.15, -0.1) is 23.1 Å². The van der Waals surface area contributed by atoms with Gasteiger partial charge in [0.05, 0.1) is 23.1 Å². The van der Waals surface area contributed by atoms with Crippen molar-refractivity contribution in [3.63, 3.8) is 0 Å². The lowest BCUT2D eigenvalue weighted by atomic mass is 10.1. The topological polar surface area (TPSA) is 109 Å². The van der Waals surface area contributed by atoms with Crippen LogP contribution in [-0.4, -0.2) is 35.1 Å². The number of hydrogen-bond donors (Lipinski definition) is 3. The summed E-state index contributed by atoms with van der Waals surface area (Å²) >= 11 is 8.88. The molecule has 0 spiro atoms. The van der Waals surface area contributed by atoms with Crippen molar-refractivity contribution in [1.82, 2.24) is 10.3 Å². The zero-order valence-electron chi connectivity index (χ0n) is 25.8. The maximum Gasteiger partial charge on any atom is 0.272 e. The molecule has 5 rings (SSSR count). The molecule has 244 valence electrons. The van der Waals surface area contributed by atoms with Crippen LogP contribution in [0.4, 0.5) is 15.2 Å². The van der Waals surface area contributed by atoms with Crippen molar-refractivity contribution in [1.29, 1.82) is 0 Å². The Kier molecular flexibility index (Phi) is 11.6. The number of amides is 3. The second-order valence-corrected chi connectivity index (χ2v) is 12.8. The molecule has 0 saturated heterocycles. The van der Waals surface area contributed by atoms with Crippen molar-refractivity contribution in [3.05, 3.63) is 130 Å². The molecule has 0 radical (unpaired) electrons. The lowest BCUT2D eigenvalue weighted by Gasteiger charge is -2.15. The number of anilines is 2. The number of ether oxygens (including phenoxy) is 1. The molecule has 0 aliphatic heterocycles. The summed E-state index contributed by atoms with van der Waals surface area (Å²) in [5, 5.41) is 10.2. The summed E-state index contributed by atoms with van der Waals surface area (Å²) < 4.78 is 20.0. The predicted octanol–water partition coefficient (Wildman–Crippen LogP) is 8.53. The van der Waals surface area contributed by atoms with Gasteiger partial charge in [0, 0.05) is 32.7 Å². The van der Waals surface area contributed by atoms with E-state index < -0.39 is 22.9 Å². The number of nitrogens with one attached hydrogen (secondary N) is 3. The van der Waals surface area contributed by atoms with E-state index in [9.17, 15) is 18.8 Å². The Morgan fingerprint density at radius 3 is 2.50 bits per heavy atom. The van der Waals surface area contributed by atoms with Crippen LogP contribution in [0.2, 0.25) is 5.02 Å². The van der Waals surface area contributed by atoms with Crippen molar-refractivity contribution < 1.29 is 23.5 Å². The summed E-state index contributed by atoms with van der Waals surface area (Å²) in [6.07, 6.45) is 1.73. The van der Waals surface area contributed by atoms with Gasteiger partial charge >= 0.3 is 0 Å². The molecule has 0 bridgehead atoms. The molecule has 1 unspecified atom stereocenters. The second kappa shape index (κ2) is 16.2. The molecule has 5 aromatic rings. The number of halogens is 2. The van der Waals surface area contributed by atoms with Crippen molar-refractivity contribution in [2.24, 2.45) is 0 Å². The molecule has 4 aromatic carbocycles. The van der Waals surface area contributed by atoms with Gasteiger partial charge in [0.2, 0.25) is 5.91 Å². The quantitative estimate of drug-likeness (QED) is 0.0889.